The van der Waals surface area contributed by atoms with Crippen LogP contribution in [0.1, 0.15) is 18.9 Å². The molecule has 0 aromatic heterocycles. The van der Waals surface area contributed by atoms with Crippen LogP contribution in [-0.4, -0.2) is 23.7 Å². The topological polar surface area (TPSA) is 15.6 Å². The molecule has 0 radical (unpaired) electrons. The van der Waals surface area contributed by atoms with Crippen molar-refractivity contribution in [2.75, 3.05) is 13.1 Å². The molecule has 1 aromatic rings. The molecule has 1 fully saturated rings. The van der Waals surface area contributed by atoms with Crippen molar-refractivity contribution in [1.29, 1.82) is 0 Å². The number of benzene rings is 1. The van der Waals surface area contributed by atoms with E-state index in [1.54, 1.807) is 0 Å². The first-order chi connectivity index (χ1) is 10.8. The summed E-state index contributed by atoms with van der Waals surface area (Å²) in [7, 11) is 0. The maximum Gasteiger partial charge on any atom is 0.0601 e. The van der Waals surface area contributed by atoms with Gasteiger partial charge in [-0.15, -0.1) is 0 Å². The Morgan fingerprint density at radius 3 is 3.00 bits per heavy atom. The maximum atomic E-state index is 4.67. The Labute approximate surface area is 132 Å². The van der Waals surface area contributed by atoms with E-state index in [0.717, 1.165) is 19.5 Å². The van der Waals surface area contributed by atoms with E-state index in [-0.39, 0.29) is 5.41 Å². The fourth-order valence-corrected chi connectivity index (χ4v) is 4.14. The molecule has 2 heterocycles. The van der Waals surface area contributed by atoms with E-state index in [0.29, 0.717) is 5.92 Å². The second kappa shape index (κ2) is 5.28. The summed E-state index contributed by atoms with van der Waals surface area (Å²) in [4.78, 5) is 7.24. The summed E-state index contributed by atoms with van der Waals surface area (Å²) in [5.41, 5.74) is 4.27. The molecule has 1 aromatic carbocycles. The predicted octanol–water partition coefficient (Wildman–Crippen LogP) is 3.98. The highest BCUT2D eigenvalue weighted by Crippen LogP contribution is 2.51. The Bertz CT molecular complexity index is 681. The number of rotatable bonds is 3. The molecule has 2 unspecified atom stereocenters. The fraction of sp³-hybridized carbons (Fsp3) is 0.350. The zero-order valence-electron chi connectivity index (χ0n) is 13.1. The number of nitrogens with zero attached hydrogens (tertiary/aromatic N) is 2. The summed E-state index contributed by atoms with van der Waals surface area (Å²) in [6.45, 7) is 4.56. The highest BCUT2D eigenvalue weighted by Gasteiger charge is 2.50. The van der Waals surface area contributed by atoms with Gasteiger partial charge in [0, 0.05) is 25.0 Å². The van der Waals surface area contributed by atoms with Gasteiger partial charge in [-0.1, -0.05) is 49.4 Å². The summed E-state index contributed by atoms with van der Waals surface area (Å²) in [6, 6.07) is 10.8. The van der Waals surface area contributed by atoms with Crippen molar-refractivity contribution >= 4 is 5.71 Å². The molecule has 1 saturated heterocycles. The first kappa shape index (κ1) is 13.6. The molecule has 0 N–H and O–H groups in total. The highest BCUT2D eigenvalue weighted by molar-refractivity contribution is 6.04. The van der Waals surface area contributed by atoms with Gasteiger partial charge in [-0.05, 0) is 36.5 Å². The SMILES string of the molecule is CC1C=CN=C2C=CC=C3N(CCc4ccccc4)CCC321. The van der Waals surface area contributed by atoms with Crippen molar-refractivity contribution in [3.05, 3.63) is 72.1 Å². The largest absolute Gasteiger partial charge is 0.374 e. The van der Waals surface area contributed by atoms with Gasteiger partial charge in [0.25, 0.3) is 0 Å². The van der Waals surface area contributed by atoms with Crippen LogP contribution in [0.2, 0.25) is 0 Å². The van der Waals surface area contributed by atoms with E-state index < -0.39 is 0 Å². The molecule has 1 spiro atoms. The molecule has 3 aliphatic rings. The lowest BCUT2D eigenvalue weighted by Gasteiger charge is -2.40. The van der Waals surface area contributed by atoms with Crippen LogP contribution in [0.15, 0.2) is 71.5 Å². The Balaban J connectivity index is 1.58. The van der Waals surface area contributed by atoms with Gasteiger partial charge in [0.2, 0.25) is 0 Å². The molecule has 2 heteroatoms. The smallest absolute Gasteiger partial charge is 0.0601 e. The highest BCUT2D eigenvalue weighted by atomic mass is 15.2. The number of aliphatic imine (C=N–C) groups is 1. The quantitative estimate of drug-likeness (QED) is 0.822. The van der Waals surface area contributed by atoms with E-state index in [9.17, 15) is 0 Å². The summed E-state index contributed by atoms with van der Waals surface area (Å²) in [6.07, 6.45) is 13.2. The van der Waals surface area contributed by atoms with Gasteiger partial charge in [0.1, 0.15) is 0 Å². The minimum atomic E-state index is 0.125. The first-order valence-electron chi connectivity index (χ1n) is 8.23. The average molecular weight is 290 g/mol. The third-order valence-electron chi connectivity index (χ3n) is 5.42. The molecular weight excluding hydrogens is 268 g/mol. The molecule has 0 bridgehead atoms. The summed E-state index contributed by atoms with van der Waals surface area (Å²) in [5.74, 6) is 0.526. The van der Waals surface area contributed by atoms with E-state index in [2.05, 4.69) is 71.5 Å². The van der Waals surface area contributed by atoms with Crippen molar-refractivity contribution in [1.82, 2.24) is 4.90 Å². The minimum Gasteiger partial charge on any atom is -0.374 e. The van der Waals surface area contributed by atoms with Gasteiger partial charge >= 0.3 is 0 Å². The lowest BCUT2D eigenvalue weighted by atomic mass is 9.67. The monoisotopic (exact) mass is 290 g/mol. The fourth-order valence-electron chi connectivity index (χ4n) is 4.14. The van der Waals surface area contributed by atoms with Crippen LogP contribution in [0, 0.1) is 11.3 Å². The summed E-state index contributed by atoms with van der Waals surface area (Å²) in [5, 5.41) is 0. The summed E-state index contributed by atoms with van der Waals surface area (Å²) < 4.78 is 0. The zero-order chi connectivity index (χ0) is 15.0. The van der Waals surface area contributed by atoms with Gasteiger partial charge in [0.15, 0.2) is 0 Å². The summed E-state index contributed by atoms with van der Waals surface area (Å²) >= 11 is 0. The van der Waals surface area contributed by atoms with E-state index in [4.69, 9.17) is 0 Å². The van der Waals surface area contributed by atoms with Gasteiger partial charge in [-0.3, -0.25) is 4.99 Å². The van der Waals surface area contributed by atoms with E-state index in [1.807, 2.05) is 6.20 Å². The number of hydrogen-bond donors (Lipinski definition) is 0. The Hall–Kier alpha value is -2.09. The van der Waals surface area contributed by atoms with E-state index >= 15 is 0 Å². The van der Waals surface area contributed by atoms with Gasteiger partial charge < -0.3 is 4.90 Å². The van der Waals surface area contributed by atoms with Crippen molar-refractivity contribution < 1.29 is 0 Å². The molecule has 112 valence electrons. The first-order valence-corrected chi connectivity index (χ1v) is 8.23. The molecule has 22 heavy (non-hydrogen) atoms. The standard InChI is InChI=1S/C20H22N2/c1-16-10-13-21-18-8-5-9-19-20(16,18)12-15-22(19)14-11-17-6-3-2-4-7-17/h2-10,13,16H,11-12,14-15H2,1H3. The third kappa shape index (κ3) is 1.98. The Kier molecular flexibility index (Phi) is 3.25. The second-order valence-electron chi connectivity index (χ2n) is 6.50. The lowest BCUT2D eigenvalue weighted by Crippen LogP contribution is -2.40. The van der Waals surface area contributed by atoms with Gasteiger partial charge in [-0.25, -0.2) is 0 Å². The second-order valence-corrected chi connectivity index (χ2v) is 6.50. The normalized spacial score (nSPS) is 29.0. The molecule has 0 amide bonds. The number of hydrogen-bond acceptors (Lipinski definition) is 2. The van der Waals surface area contributed by atoms with Gasteiger partial charge in [0.05, 0.1) is 11.1 Å². The van der Waals surface area contributed by atoms with Gasteiger partial charge in [-0.2, -0.15) is 0 Å². The minimum absolute atomic E-state index is 0.125. The molecule has 2 atom stereocenters. The molecule has 2 aliphatic heterocycles. The van der Waals surface area contributed by atoms with Crippen molar-refractivity contribution in [3.8, 4) is 0 Å². The van der Waals surface area contributed by atoms with E-state index in [1.165, 1.54) is 23.4 Å². The molecule has 2 nitrogen and oxygen atoms in total. The third-order valence-corrected chi connectivity index (χ3v) is 5.42. The number of allylic oxidation sites excluding steroid dienone is 5. The molecule has 1 aliphatic carbocycles. The molecule has 0 saturated carbocycles. The van der Waals surface area contributed by atoms with Crippen LogP contribution >= 0.6 is 0 Å². The van der Waals surface area contributed by atoms with Crippen LogP contribution < -0.4 is 0 Å². The Morgan fingerprint density at radius 2 is 2.14 bits per heavy atom. The molecular formula is C20H22N2. The van der Waals surface area contributed by atoms with Crippen LogP contribution in [0.5, 0.6) is 0 Å². The van der Waals surface area contributed by atoms with Crippen LogP contribution in [0.25, 0.3) is 0 Å². The van der Waals surface area contributed by atoms with Crippen molar-refractivity contribution in [2.24, 2.45) is 16.3 Å². The van der Waals surface area contributed by atoms with Crippen molar-refractivity contribution in [2.45, 2.75) is 19.8 Å². The number of likely N-dealkylation sites (tertiary alicyclic amines) is 1. The molecule has 4 rings (SSSR count). The van der Waals surface area contributed by atoms with Crippen LogP contribution in [0.4, 0.5) is 0 Å². The zero-order valence-corrected chi connectivity index (χ0v) is 13.1. The lowest BCUT2D eigenvalue weighted by molar-refractivity contribution is 0.358. The predicted molar refractivity (Wildman–Crippen MR) is 91.7 cm³/mol. The Morgan fingerprint density at radius 1 is 1.27 bits per heavy atom. The maximum absolute atomic E-state index is 4.67. The average Bonchev–Trinajstić information content (AvgIpc) is 2.94. The van der Waals surface area contributed by atoms with Crippen LogP contribution in [-0.2, 0) is 6.42 Å². The van der Waals surface area contributed by atoms with Crippen LogP contribution in [0.3, 0.4) is 0 Å². The van der Waals surface area contributed by atoms with Crippen molar-refractivity contribution in [3.63, 3.8) is 0 Å².